The molecule has 0 fully saturated rings. The molecule has 0 aromatic carbocycles. The Hall–Kier alpha value is -1.65. The molecule has 0 radical (unpaired) electrons. The van der Waals surface area contributed by atoms with E-state index in [1.54, 1.807) is 6.07 Å². The van der Waals surface area contributed by atoms with Crippen molar-refractivity contribution in [2.24, 2.45) is 0 Å². The summed E-state index contributed by atoms with van der Waals surface area (Å²) in [4.78, 5) is 15.3. The van der Waals surface area contributed by atoms with E-state index in [1.807, 2.05) is 13.8 Å². The van der Waals surface area contributed by atoms with Gasteiger partial charge in [0.2, 0.25) is 5.91 Å². The molecule has 0 saturated heterocycles. The van der Waals surface area contributed by atoms with Crippen LogP contribution in [0, 0.1) is 5.82 Å². The van der Waals surface area contributed by atoms with Crippen LogP contribution in [-0.4, -0.2) is 23.5 Å². The Morgan fingerprint density at radius 1 is 1.53 bits per heavy atom. The third-order valence-electron chi connectivity index (χ3n) is 2.41. The van der Waals surface area contributed by atoms with E-state index in [1.165, 1.54) is 6.07 Å². The van der Waals surface area contributed by atoms with Crippen LogP contribution in [0.1, 0.15) is 26.7 Å². The lowest BCUT2D eigenvalue weighted by Gasteiger charge is -2.11. The van der Waals surface area contributed by atoms with Gasteiger partial charge in [0.05, 0.1) is 6.20 Å². The Bertz CT molecular complexity index is 353. The maximum atomic E-state index is 12.6. The van der Waals surface area contributed by atoms with E-state index < -0.39 is 0 Å². The smallest absolute Gasteiger partial charge is 0.221 e. The zero-order valence-electron chi connectivity index (χ0n) is 10.2. The Labute approximate surface area is 101 Å². The first-order chi connectivity index (χ1) is 8.11. The summed E-state index contributed by atoms with van der Waals surface area (Å²) < 4.78 is 12.6. The molecule has 0 bridgehead atoms. The number of aromatic nitrogens is 1. The first-order valence-corrected chi connectivity index (χ1v) is 5.76. The van der Waals surface area contributed by atoms with E-state index in [4.69, 9.17) is 0 Å². The number of amides is 1. The van der Waals surface area contributed by atoms with Gasteiger partial charge in [0.15, 0.2) is 0 Å². The number of hydrogen-bond donors (Lipinski definition) is 2. The van der Waals surface area contributed by atoms with Gasteiger partial charge in [-0.3, -0.25) is 4.79 Å². The quantitative estimate of drug-likeness (QED) is 0.797. The van der Waals surface area contributed by atoms with Crippen LogP contribution in [0.15, 0.2) is 18.3 Å². The number of carbonyl (C=O) groups is 1. The van der Waals surface area contributed by atoms with Crippen molar-refractivity contribution in [3.8, 4) is 0 Å². The van der Waals surface area contributed by atoms with Gasteiger partial charge in [0, 0.05) is 19.0 Å². The molecule has 1 rings (SSSR count). The highest BCUT2D eigenvalue weighted by atomic mass is 19.1. The lowest BCUT2D eigenvalue weighted by molar-refractivity contribution is -0.121. The van der Waals surface area contributed by atoms with Crippen molar-refractivity contribution in [1.82, 2.24) is 10.3 Å². The monoisotopic (exact) mass is 239 g/mol. The fourth-order valence-electron chi connectivity index (χ4n) is 1.23. The van der Waals surface area contributed by atoms with E-state index in [9.17, 15) is 9.18 Å². The minimum Gasteiger partial charge on any atom is -0.370 e. The molecule has 0 spiro atoms. The zero-order chi connectivity index (χ0) is 12.7. The van der Waals surface area contributed by atoms with Crippen LogP contribution in [0.2, 0.25) is 0 Å². The van der Waals surface area contributed by atoms with Crippen molar-refractivity contribution in [3.63, 3.8) is 0 Å². The molecule has 0 aliphatic rings. The summed E-state index contributed by atoms with van der Waals surface area (Å²) in [5.41, 5.74) is 0. The van der Waals surface area contributed by atoms with Gasteiger partial charge < -0.3 is 10.6 Å². The predicted octanol–water partition coefficient (Wildman–Crippen LogP) is 1.94. The number of hydrogen-bond acceptors (Lipinski definition) is 3. The Morgan fingerprint density at radius 3 is 2.88 bits per heavy atom. The highest BCUT2D eigenvalue weighted by molar-refractivity contribution is 5.76. The molecular formula is C12H18FN3O. The first kappa shape index (κ1) is 13.4. The van der Waals surface area contributed by atoms with Crippen LogP contribution in [0.25, 0.3) is 0 Å². The summed E-state index contributed by atoms with van der Waals surface area (Å²) in [6.07, 6.45) is 2.43. The summed E-state index contributed by atoms with van der Waals surface area (Å²) >= 11 is 0. The van der Waals surface area contributed by atoms with Gasteiger partial charge in [0.25, 0.3) is 0 Å². The molecule has 94 valence electrons. The van der Waals surface area contributed by atoms with Gasteiger partial charge in [0.1, 0.15) is 11.6 Å². The van der Waals surface area contributed by atoms with E-state index in [2.05, 4.69) is 15.6 Å². The van der Waals surface area contributed by atoms with Crippen LogP contribution < -0.4 is 10.6 Å². The Kier molecular flexibility index (Phi) is 5.39. The van der Waals surface area contributed by atoms with Gasteiger partial charge >= 0.3 is 0 Å². The van der Waals surface area contributed by atoms with Crippen molar-refractivity contribution in [3.05, 3.63) is 24.1 Å². The lowest BCUT2D eigenvalue weighted by Crippen LogP contribution is -2.32. The third kappa shape index (κ3) is 5.29. The number of pyridine rings is 1. The van der Waals surface area contributed by atoms with Gasteiger partial charge in [-0.05, 0) is 25.5 Å². The van der Waals surface area contributed by atoms with Crippen LogP contribution in [0.4, 0.5) is 10.2 Å². The minimum atomic E-state index is -0.370. The van der Waals surface area contributed by atoms with Crippen molar-refractivity contribution in [1.29, 1.82) is 0 Å². The zero-order valence-corrected chi connectivity index (χ0v) is 10.2. The summed E-state index contributed by atoms with van der Waals surface area (Å²) in [5, 5.41) is 5.82. The average molecular weight is 239 g/mol. The molecule has 17 heavy (non-hydrogen) atoms. The molecular weight excluding hydrogens is 221 g/mol. The number of nitrogens with zero attached hydrogens (tertiary/aromatic N) is 1. The summed E-state index contributed by atoms with van der Waals surface area (Å²) in [6, 6.07) is 3.07. The molecule has 2 N–H and O–H groups in total. The lowest BCUT2D eigenvalue weighted by atomic mass is 10.2. The average Bonchev–Trinajstić information content (AvgIpc) is 2.31. The van der Waals surface area contributed by atoms with Crippen molar-refractivity contribution >= 4 is 11.7 Å². The highest BCUT2D eigenvalue weighted by Crippen LogP contribution is 2.03. The van der Waals surface area contributed by atoms with Crippen LogP contribution in [0.3, 0.4) is 0 Å². The number of rotatable bonds is 6. The van der Waals surface area contributed by atoms with E-state index in [-0.39, 0.29) is 17.8 Å². The molecule has 1 amide bonds. The van der Waals surface area contributed by atoms with Crippen molar-refractivity contribution in [2.75, 3.05) is 11.9 Å². The van der Waals surface area contributed by atoms with Crippen molar-refractivity contribution in [2.45, 2.75) is 32.7 Å². The molecule has 0 saturated carbocycles. The maximum Gasteiger partial charge on any atom is 0.221 e. The maximum absolute atomic E-state index is 12.6. The highest BCUT2D eigenvalue weighted by Gasteiger charge is 2.04. The number of nitrogens with one attached hydrogen (secondary N) is 2. The van der Waals surface area contributed by atoms with Gasteiger partial charge in [-0.1, -0.05) is 6.92 Å². The predicted molar refractivity (Wildman–Crippen MR) is 65.2 cm³/mol. The molecule has 4 nitrogen and oxygen atoms in total. The number of anilines is 1. The van der Waals surface area contributed by atoms with E-state index in [0.717, 1.165) is 12.6 Å². The van der Waals surface area contributed by atoms with Gasteiger partial charge in [-0.15, -0.1) is 0 Å². The third-order valence-corrected chi connectivity index (χ3v) is 2.41. The molecule has 1 aromatic rings. The summed E-state index contributed by atoms with van der Waals surface area (Å²) in [6.45, 7) is 4.47. The van der Waals surface area contributed by atoms with Crippen LogP contribution in [0.5, 0.6) is 0 Å². The van der Waals surface area contributed by atoms with Crippen LogP contribution >= 0.6 is 0 Å². The molecule has 0 aliphatic heterocycles. The molecule has 1 heterocycles. The van der Waals surface area contributed by atoms with Crippen LogP contribution in [-0.2, 0) is 4.79 Å². The SMILES string of the molecule is CCC(C)NC(=O)CCNc1ccc(F)cn1. The second-order valence-corrected chi connectivity index (χ2v) is 3.92. The van der Waals surface area contributed by atoms with E-state index >= 15 is 0 Å². The number of carbonyl (C=O) groups excluding carboxylic acids is 1. The van der Waals surface area contributed by atoms with Gasteiger partial charge in [-0.25, -0.2) is 9.37 Å². The molecule has 1 unspecified atom stereocenters. The minimum absolute atomic E-state index is 0.00830. The topological polar surface area (TPSA) is 54.0 Å². The largest absolute Gasteiger partial charge is 0.370 e. The molecule has 5 heteroatoms. The summed E-state index contributed by atoms with van der Waals surface area (Å²) in [5.74, 6) is 0.210. The van der Waals surface area contributed by atoms with E-state index in [0.29, 0.717) is 18.8 Å². The fraction of sp³-hybridized carbons (Fsp3) is 0.500. The summed E-state index contributed by atoms with van der Waals surface area (Å²) in [7, 11) is 0. The fourth-order valence-corrected chi connectivity index (χ4v) is 1.23. The van der Waals surface area contributed by atoms with Gasteiger partial charge in [-0.2, -0.15) is 0 Å². The van der Waals surface area contributed by atoms with Crippen molar-refractivity contribution < 1.29 is 9.18 Å². The normalized spacial score (nSPS) is 11.9. The molecule has 0 aliphatic carbocycles. The first-order valence-electron chi connectivity index (χ1n) is 5.76. The Balaban J connectivity index is 2.23. The number of halogens is 1. The Morgan fingerprint density at radius 2 is 2.29 bits per heavy atom. The standard InChI is InChI=1S/C12H18FN3O/c1-3-9(2)16-12(17)6-7-14-11-5-4-10(13)8-15-11/h4-5,8-9H,3,6-7H2,1-2H3,(H,14,15)(H,16,17). The molecule has 1 atom stereocenters. The second-order valence-electron chi connectivity index (χ2n) is 3.92. The molecule has 1 aromatic heterocycles. The second kappa shape index (κ2) is 6.83.